The van der Waals surface area contributed by atoms with Crippen molar-refractivity contribution in [2.75, 3.05) is 11.1 Å². The van der Waals surface area contributed by atoms with Gasteiger partial charge >= 0.3 is 0 Å². The summed E-state index contributed by atoms with van der Waals surface area (Å²) in [5.41, 5.74) is 8.99. The molecule has 0 atom stereocenters. The van der Waals surface area contributed by atoms with E-state index in [1.54, 1.807) is 6.20 Å². The molecular formula is C13H18N4. The van der Waals surface area contributed by atoms with E-state index in [-0.39, 0.29) is 5.41 Å². The molecule has 0 saturated carbocycles. The third-order valence-electron chi connectivity index (χ3n) is 2.70. The quantitative estimate of drug-likeness (QED) is 0.743. The molecule has 4 heteroatoms. The molecule has 90 valence electrons. The highest BCUT2D eigenvalue weighted by molar-refractivity contribution is 5.68. The summed E-state index contributed by atoms with van der Waals surface area (Å²) in [4.78, 5) is 0. The Balaban J connectivity index is 2.17. The van der Waals surface area contributed by atoms with Gasteiger partial charge in [-0.2, -0.15) is 5.10 Å². The lowest BCUT2D eigenvalue weighted by molar-refractivity contribution is 0.590. The zero-order chi connectivity index (χ0) is 12.5. The molecule has 2 rings (SSSR count). The van der Waals surface area contributed by atoms with Gasteiger partial charge in [-0.25, -0.2) is 0 Å². The highest BCUT2D eigenvalue weighted by Gasteiger charge is 2.12. The first-order valence-corrected chi connectivity index (χ1v) is 5.63. The molecule has 0 fully saturated rings. The van der Waals surface area contributed by atoms with Crippen LogP contribution in [0.1, 0.15) is 26.3 Å². The Bertz CT molecular complexity index is 491. The van der Waals surface area contributed by atoms with Crippen molar-refractivity contribution in [2.24, 2.45) is 0 Å². The van der Waals surface area contributed by atoms with Crippen molar-refractivity contribution in [3.8, 4) is 0 Å². The summed E-state index contributed by atoms with van der Waals surface area (Å²) in [7, 11) is 0. The van der Waals surface area contributed by atoms with Crippen LogP contribution >= 0.6 is 0 Å². The second kappa shape index (κ2) is 4.13. The van der Waals surface area contributed by atoms with Gasteiger partial charge in [-0.05, 0) is 23.1 Å². The molecule has 0 bridgehead atoms. The van der Waals surface area contributed by atoms with Gasteiger partial charge in [0.15, 0.2) is 0 Å². The number of hydrogen-bond acceptors (Lipinski definition) is 3. The lowest BCUT2D eigenvalue weighted by Gasteiger charge is -2.19. The summed E-state index contributed by atoms with van der Waals surface area (Å²) in [5, 5.41) is 9.76. The number of nitrogens with two attached hydrogens (primary N) is 1. The summed E-state index contributed by atoms with van der Waals surface area (Å²) in [6, 6.07) is 8.34. The Morgan fingerprint density at radius 1 is 1.18 bits per heavy atom. The topological polar surface area (TPSA) is 66.7 Å². The van der Waals surface area contributed by atoms with Crippen molar-refractivity contribution in [1.29, 1.82) is 0 Å². The average Bonchev–Trinajstić information content (AvgIpc) is 2.64. The van der Waals surface area contributed by atoms with Gasteiger partial charge in [-0.1, -0.05) is 32.9 Å². The molecule has 0 amide bonds. The molecule has 0 unspecified atom stereocenters. The molecule has 4 N–H and O–H groups in total. The lowest BCUT2D eigenvalue weighted by Crippen LogP contribution is -2.10. The highest BCUT2D eigenvalue weighted by atomic mass is 15.2. The van der Waals surface area contributed by atoms with E-state index in [0.717, 1.165) is 11.4 Å². The van der Waals surface area contributed by atoms with Crippen LogP contribution in [0.25, 0.3) is 0 Å². The van der Waals surface area contributed by atoms with Gasteiger partial charge in [0.25, 0.3) is 0 Å². The van der Waals surface area contributed by atoms with Gasteiger partial charge in [0.2, 0.25) is 0 Å². The standard InChI is InChI=1S/C13H18N4/c1-13(2,3)9-4-6-10(7-5-9)16-11-8-15-17-12(11)14/h4-8,16H,1-3H3,(H3,14,15,17). The van der Waals surface area contributed by atoms with Crippen molar-refractivity contribution < 1.29 is 0 Å². The van der Waals surface area contributed by atoms with E-state index < -0.39 is 0 Å². The van der Waals surface area contributed by atoms with Crippen LogP contribution in [0.2, 0.25) is 0 Å². The molecule has 4 nitrogen and oxygen atoms in total. The lowest BCUT2D eigenvalue weighted by atomic mass is 9.87. The fraction of sp³-hybridized carbons (Fsp3) is 0.308. The van der Waals surface area contributed by atoms with Crippen molar-refractivity contribution in [3.63, 3.8) is 0 Å². The van der Waals surface area contributed by atoms with Gasteiger partial charge in [0.1, 0.15) is 11.5 Å². The SMILES string of the molecule is CC(C)(C)c1ccc(Nc2cn[nH]c2N)cc1. The van der Waals surface area contributed by atoms with E-state index in [9.17, 15) is 0 Å². The van der Waals surface area contributed by atoms with Crippen LogP contribution in [0.5, 0.6) is 0 Å². The fourth-order valence-electron chi connectivity index (χ4n) is 1.60. The Kier molecular flexibility index (Phi) is 2.79. The van der Waals surface area contributed by atoms with Gasteiger partial charge in [0.05, 0.1) is 6.20 Å². The van der Waals surface area contributed by atoms with Crippen LogP contribution in [0, 0.1) is 0 Å². The second-order valence-electron chi connectivity index (χ2n) is 5.15. The minimum Gasteiger partial charge on any atom is -0.382 e. The Morgan fingerprint density at radius 3 is 2.29 bits per heavy atom. The van der Waals surface area contributed by atoms with E-state index in [4.69, 9.17) is 5.73 Å². The zero-order valence-electron chi connectivity index (χ0n) is 10.4. The molecule has 0 radical (unpaired) electrons. The van der Waals surface area contributed by atoms with Crippen molar-refractivity contribution in [3.05, 3.63) is 36.0 Å². The summed E-state index contributed by atoms with van der Waals surface area (Å²) in [5.74, 6) is 0.546. The summed E-state index contributed by atoms with van der Waals surface area (Å²) in [6.45, 7) is 6.59. The summed E-state index contributed by atoms with van der Waals surface area (Å²) in [6.07, 6.45) is 1.67. The monoisotopic (exact) mass is 230 g/mol. The van der Waals surface area contributed by atoms with Crippen molar-refractivity contribution in [2.45, 2.75) is 26.2 Å². The van der Waals surface area contributed by atoms with Crippen LogP contribution in [0.15, 0.2) is 30.5 Å². The van der Waals surface area contributed by atoms with Gasteiger partial charge < -0.3 is 11.1 Å². The minimum atomic E-state index is 0.174. The molecule has 1 heterocycles. The first kappa shape index (κ1) is 11.5. The fourth-order valence-corrected chi connectivity index (χ4v) is 1.60. The molecule has 1 aromatic carbocycles. The van der Waals surface area contributed by atoms with Crippen molar-refractivity contribution >= 4 is 17.2 Å². The summed E-state index contributed by atoms with van der Waals surface area (Å²) >= 11 is 0. The van der Waals surface area contributed by atoms with Crippen LogP contribution in [-0.2, 0) is 5.41 Å². The minimum absolute atomic E-state index is 0.174. The number of rotatable bonds is 2. The molecule has 0 spiro atoms. The Labute approximate surface area is 101 Å². The number of aromatic amines is 1. The first-order chi connectivity index (χ1) is 7.97. The van der Waals surface area contributed by atoms with Crippen LogP contribution in [0.3, 0.4) is 0 Å². The maximum absolute atomic E-state index is 5.71. The number of H-pyrrole nitrogens is 1. The van der Waals surface area contributed by atoms with Crippen LogP contribution < -0.4 is 11.1 Å². The maximum Gasteiger partial charge on any atom is 0.143 e. The first-order valence-electron chi connectivity index (χ1n) is 5.63. The normalized spacial score (nSPS) is 11.5. The maximum atomic E-state index is 5.71. The number of nitrogen functional groups attached to an aromatic ring is 1. The van der Waals surface area contributed by atoms with E-state index in [1.165, 1.54) is 5.56 Å². The molecule has 0 aliphatic heterocycles. The molecule has 1 aromatic heterocycles. The zero-order valence-corrected chi connectivity index (χ0v) is 10.4. The van der Waals surface area contributed by atoms with Gasteiger partial charge in [-0.15, -0.1) is 0 Å². The predicted octanol–water partition coefficient (Wildman–Crippen LogP) is 3.03. The van der Waals surface area contributed by atoms with E-state index in [2.05, 4.69) is 48.4 Å². The molecule has 17 heavy (non-hydrogen) atoms. The number of anilines is 3. The number of hydrogen-bond donors (Lipinski definition) is 3. The third kappa shape index (κ3) is 2.58. The summed E-state index contributed by atoms with van der Waals surface area (Å²) < 4.78 is 0. The second-order valence-corrected chi connectivity index (χ2v) is 5.15. The Hall–Kier alpha value is -1.97. The average molecular weight is 230 g/mol. The van der Waals surface area contributed by atoms with Gasteiger partial charge in [-0.3, -0.25) is 5.10 Å². The molecule has 0 aliphatic rings. The van der Waals surface area contributed by atoms with Crippen LogP contribution in [0.4, 0.5) is 17.2 Å². The van der Waals surface area contributed by atoms with Gasteiger partial charge in [0, 0.05) is 5.69 Å². The Morgan fingerprint density at radius 2 is 1.82 bits per heavy atom. The van der Waals surface area contributed by atoms with E-state index in [1.807, 2.05) is 12.1 Å². The smallest absolute Gasteiger partial charge is 0.143 e. The molecular weight excluding hydrogens is 212 g/mol. The highest BCUT2D eigenvalue weighted by Crippen LogP contribution is 2.25. The third-order valence-corrected chi connectivity index (χ3v) is 2.70. The number of aromatic nitrogens is 2. The van der Waals surface area contributed by atoms with Crippen LogP contribution in [-0.4, -0.2) is 10.2 Å². The molecule has 2 aromatic rings. The number of benzene rings is 1. The van der Waals surface area contributed by atoms with Crippen molar-refractivity contribution in [1.82, 2.24) is 10.2 Å². The largest absolute Gasteiger partial charge is 0.382 e. The molecule has 0 aliphatic carbocycles. The number of nitrogens with one attached hydrogen (secondary N) is 2. The van der Waals surface area contributed by atoms with E-state index in [0.29, 0.717) is 5.82 Å². The predicted molar refractivity (Wildman–Crippen MR) is 71.4 cm³/mol. The number of nitrogens with zero attached hydrogens (tertiary/aromatic N) is 1. The molecule has 0 saturated heterocycles. The van der Waals surface area contributed by atoms with E-state index >= 15 is 0 Å².